The van der Waals surface area contributed by atoms with E-state index in [4.69, 9.17) is 4.74 Å². The topological polar surface area (TPSA) is 9.23 Å². The molecule has 0 saturated carbocycles. The SMILES string of the molecule is CC(C)(C)OCC1=CC=C2C=CC=C3C=CC=C1C32. The van der Waals surface area contributed by atoms with E-state index >= 15 is 0 Å². The van der Waals surface area contributed by atoms with E-state index in [-0.39, 0.29) is 5.60 Å². The van der Waals surface area contributed by atoms with Gasteiger partial charge in [-0.25, -0.2) is 0 Å². The predicted octanol–water partition coefficient (Wildman–Crippen LogP) is 4.28. The Morgan fingerprint density at radius 2 is 1.63 bits per heavy atom. The van der Waals surface area contributed by atoms with E-state index < -0.39 is 0 Å². The molecule has 0 aromatic heterocycles. The lowest BCUT2D eigenvalue weighted by atomic mass is 9.73. The van der Waals surface area contributed by atoms with Gasteiger partial charge in [-0.15, -0.1) is 0 Å². The summed E-state index contributed by atoms with van der Waals surface area (Å²) in [6.45, 7) is 6.98. The van der Waals surface area contributed by atoms with E-state index in [9.17, 15) is 0 Å². The van der Waals surface area contributed by atoms with Gasteiger partial charge in [0.2, 0.25) is 0 Å². The molecule has 98 valence electrons. The Morgan fingerprint density at radius 3 is 2.37 bits per heavy atom. The first-order valence-corrected chi connectivity index (χ1v) is 6.86. The molecule has 0 bridgehead atoms. The van der Waals surface area contributed by atoms with Crippen LogP contribution >= 0.6 is 0 Å². The number of rotatable bonds is 2. The second-order valence-corrected chi connectivity index (χ2v) is 6.20. The number of allylic oxidation sites excluding steroid dienone is 10. The van der Waals surface area contributed by atoms with Crippen molar-refractivity contribution >= 4 is 0 Å². The van der Waals surface area contributed by atoms with Gasteiger partial charge in [0.15, 0.2) is 0 Å². The average Bonchev–Trinajstić information content (AvgIpc) is 2.37. The van der Waals surface area contributed by atoms with E-state index in [1.54, 1.807) is 0 Å². The maximum absolute atomic E-state index is 5.94. The fourth-order valence-electron chi connectivity index (χ4n) is 2.69. The van der Waals surface area contributed by atoms with Gasteiger partial charge >= 0.3 is 0 Å². The number of hydrogen-bond donors (Lipinski definition) is 0. The highest BCUT2D eigenvalue weighted by Crippen LogP contribution is 2.41. The van der Waals surface area contributed by atoms with Crippen LogP contribution in [-0.2, 0) is 4.74 Å². The lowest BCUT2D eigenvalue weighted by Crippen LogP contribution is -2.24. The van der Waals surface area contributed by atoms with E-state index in [1.165, 1.54) is 22.3 Å². The highest BCUT2D eigenvalue weighted by Gasteiger charge is 2.29. The molecule has 0 radical (unpaired) electrons. The van der Waals surface area contributed by atoms with Crippen LogP contribution in [0, 0.1) is 5.92 Å². The average molecular weight is 252 g/mol. The molecule has 0 amide bonds. The molecular formula is C18H20O. The number of ether oxygens (including phenoxy) is 1. The summed E-state index contributed by atoms with van der Waals surface area (Å²) in [5, 5.41) is 0. The molecule has 0 aromatic carbocycles. The van der Waals surface area contributed by atoms with Crippen LogP contribution in [0.25, 0.3) is 0 Å². The van der Waals surface area contributed by atoms with Crippen LogP contribution in [0.2, 0.25) is 0 Å². The van der Waals surface area contributed by atoms with E-state index in [2.05, 4.69) is 69.4 Å². The minimum absolute atomic E-state index is 0.0962. The van der Waals surface area contributed by atoms with Gasteiger partial charge in [-0.05, 0) is 43.1 Å². The minimum Gasteiger partial charge on any atom is -0.371 e. The number of hydrogen-bond acceptors (Lipinski definition) is 1. The molecule has 3 aliphatic carbocycles. The lowest BCUT2D eigenvalue weighted by molar-refractivity contribution is 0.0116. The first kappa shape index (κ1) is 12.4. The summed E-state index contributed by atoms with van der Waals surface area (Å²) in [5.41, 5.74) is 5.36. The Balaban J connectivity index is 1.91. The summed E-state index contributed by atoms with van der Waals surface area (Å²) in [5.74, 6) is 0.415. The van der Waals surface area contributed by atoms with Gasteiger partial charge in [0.1, 0.15) is 0 Å². The van der Waals surface area contributed by atoms with Crippen LogP contribution in [0.5, 0.6) is 0 Å². The summed E-state index contributed by atoms with van der Waals surface area (Å²) in [7, 11) is 0. The Kier molecular flexibility index (Phi) is 2.94. The van der Waals surface area contributed by atoms with Crippen molar-refractivity contribution in [1.29, 1.82) is 0 Å². The summed E-state index contributed by atoms with van der Waals surface area (Å²) in [4.78, 5) is 0. The fourth-order valence-corrected chi connectivity index (χ4v) is 2.69. The molecule has 0 heterocycles. The Labute approximate surface area is 115 Å². The third-order valence-corrected chi connectivity index (χ3v) is 3.63. The summed E-state index contributed by atoms with van der Waals surface area (Å²) < 4.78 is 5.94. The summed E-state index contributed by atoms with van der Waals surface area (Å²) >= 11 is 0. The van der Waals surface area contributed by atoms with Crippen molar-refractivity contribution < 1.29 is 4.74 Å². The van der Waals surface area contributed by atoms with Crippen molar-refractivity contribution in [2.75, 3.05) is 6.61 Å². The molecule has 0 aliphatic heterocycles. The van der Waals surface area contributed by atoms with Crippen molar-refractivity contribution in [3.8, 4) is 0 Å². The smallest absolute Gasteiger partial charge is 0.0727 e. The highest BCUT2D eigenvalue weighted by atomic mass is 16.5. The van der Waals surface area contributed by atoms with E-state index in [0.29, 0.717) is 12.5 Å². The van der Waals surface area contributed by atoms with Crippen LogP contribution in [0.4, 0.5) is 0 Å². The predicted molar refractivity (Wildman–Crippen MR) is 79.8 cm³/mol. The molecule has 1 unspecified atom stereocenters. The Morgan fingerprint density at radius 1 is 0.947 bits per heavy atom. The molecule has 0 spiro atoms. The molecule has 0 fully saturated rings. The van der Waals surface area contributed by atoms with Crippen LogP contribution in [0.15, 0.2) is 70.9 Å². The monoisotopic (exact) mass is 252 g/mol. The second kappa shape index (κ2) is 4.50. The summed E-state index contributed by atoms with van der Waals surface area (Å²) in [6.07, 6.45) is 17.6. The largest absolute Gasteiger partial charge is 0.371 e. The molecule has 3 rings (SSSR count). The van der Waals surface area contributed by atoms with Gasteiger partial charge in [0.05, 0.1) is 12.2 Å². The molecular weight excluding hydrogens is 232 g/mol. The first-order valence-electron chi connectivity index (χ1n) is 6.86. The van der Waals surface area contributed by atoms with Gasteiger partial charge in [-0.2, -0.15) is 0 Å². The van der Waals surface area contributed by atoms with Crippen LogP contribution < -0.4 is 0 Å². The van der Waals surface area contributed by atoms with Crippen LogP contribution in [0.1, 0.15) is 20.8 Å². The first-order chi connectivity index (χ1) is 9.04. The van der Waals surface area contributed by atoms with Gasteiger partial charge in [-0.3, -0.25) is 0 Å². The fraction of sp³-hybridized carbons (Fsp3) is 0.333. The maximum atomic E-state index is 5.94. The molecule has 1 nitrogen and oxygen atoms in total. The minimum atomic E-state index is -0.0962. The molecule has 0 aromatic rings. The van der Waals surface area contributed by atoms with Crippen molar-refractivity contribution in [3.63, 3.8) is 0 Å². The molecule has 1 atom stereocenters. The maximum Gasteiger partial charge on any atom is 0.0727 e. The van der Waals surface area contributed by atoms with Crippen LogP contribution in [0.3, 0.4) is 0 Å². The zero-order valence-electron chi connectivity index (χ0n) is 11.8. The zero-order valence-corrected chi connectivity index (χ0v) is 11.8. The van der Waals surface area contributed by atoms with Crippen molar-refractivity contribution in [2.24, 2.45) is 5.92 Å². The van der Waals surface area contributed by atoms with Crippen molar-refractivity contribution in [2.45, 2.75) is 26.4 Å². The zero-order chi connectivity index (χ0) is 13.5. The van der Waals surface area contributed by atoms with Gasteiger partial charge < -0.3 is 4.74 Å². The van der Waals surface area contributed by atoms with Crippen molar-refractivity contribution in [1.82, 2.24) is 0 Å². The third-order valence-electron chi connectivity index (χ3n) is 3.63. The standard InChI is InChI=1S/C18H20O/c1-18(2,3)19-12-15-11-10-14-7-4-6-13-8-5-9-16(15)17(13)14/h4-11,17H,12H2,1-3H3. The lowest BCUT2D eigenvalue weighted by Gasteiger charge is -2.32. The molecule has 0 N–H and O–H groups in total. The highest BCUT2D eigenvalue weighted by molar-refractivity contribution is 5.61. The van der Waals surface area contributed by atoms with Crippen molar-refractivity contribution in [3.05, 3.63) is 70.9 Å². The second-order valence-electron chi connectivity index (χ2n) is 6.20. The Hall–Kier alpha value is -1.60. The van der Waals surface area contributed by atoms with Gasteiger partial charge in [0, 0.05) is 5.92 Å². The normalized spacial score (nSPS) is 24.3. The van der Waals surface area contributed by atoms with E-state index in [0.717, 1.165) is 0 Å². The molecule has 1 heteroatoms. The molecule has 3 aliphatic rings. The molecule has 0 saturated heterocycles. The summed E-state index contributed by atoms with van der Waals surface area (Å²) in [6, 6.07) is 0. The molecule has 19 heavy (non-hydrogen) atoms. The third kappa shape index (κ3) is 2.43. The van der Waals surface area contributed by atoms with E-state index in [1.807, 2.05) is 0 Å². The Bertz CT molecular complexity index is 571. The van der Waals surface area contributed by atoms with Gasteiger partial charge in [-0.1, -0.05) is 48.6 Å². The quantitative estimate of drug-likeness (QED) is 0.713. The van der Waals surface area contributed by atoms with Gasteiger partial charge in [0.25, 0.3) is 0 Å². The van der Waals surface area contributed by atoms with Crippen LogP contribution in [-0.4, -0.2) is 12.2 Å².